The van der Waals surface area contributed by atoms with Gasteiger partial charge in [-0.1, -0.05) is 17.7 Å². The molecule has 2 aromatic rings. The van der Waals surface area contributed by atoms with Gasteiger partial charge in [-0.05, 0) is 42.0 Å². The number of alkyl halides is 1. The Morgan fingerprint density at radius 3 is 2.52 bits per heavy atom. The summed E-state index contributed by atoms with van der Waals surface area (Å²) in [6.07, 6.45) is 0. The Balaban J connectivity index is 2.46. The molecular weight excluding hydrogens is 336 g/mol. The van der Waals surface area contributed by atoms with E-state index >= 15 is 0 Å². The molecule has 0 atom stereocenters. The van der Waals surface area contributed by atoms with Crippen LogP contribution in [-0.4, -0.2) is 15.5 Å². The van der Waals surface area contributed by atoms with Gasteiger partial charge in [0.25, 0.3) is 10.0 Å². The predicted octanol–water partition coefficient (Wildman–Crippen LogP) is 4.04. The number of hydrogen-bond acceptors (Lipinski definition) is 2. The first kappa shape index (κ1) is 16.1. The molecule has 0 radical (unpaired) electrons. The van der Waals surface area contributed by atoms with Crippen LogP contribution in [0.2, 0.25) is 5.02 Å². The van der Waals surface area contributed by atoms with Gasteiger partial charge in [0.05, 0.1) is 10.6 Å². The number of sulfonamides is 1. The second-order valence-corrected chi connectivity index (χ2v) is 6.98. The van der Waals surface area contributed by atoms with Crippen molar-refractivity contribution in [3.05, 3.63) is 58.9 Å². The number of halogens is 3. The van der Waals surface area contributed by atoms with Gasteiger partial charge in [0.15, 0.2) is 0 Å². The van der Waals surface area contributed by atoms with Gasteiger partial charge in [-0.3, -0.25) is 4.31 Å². The van der Waals surface area contributed by atoms with Crippen molar-refractivity contribution in [1.29, 1.82) is 0 Å². The lowest BCUT2D eigenvalue weighted by atomic mass is 10.2. The topological polar surface area (TPSA) is 37.4 Å². The second-order valence-electron chi connectivity index (χ2n) is 4.34. The summed E-state index contributed by atoms with van der Waals surface area (Å²) in [5.74, 6) is -0.404. The molecule has 3 nitrogen and oxygen atoms in total. The van der Waals surface area contributed by atoms with E-state index in [0.29, 0.717) is 10.6 Å². The molecule has 0 N–H and O–H groups in total. The molecular formula is C14H12Cl2FNO2S. The molecule has 0 saturated heterocycles. The molecule has 0 amide bonds. The van der Waals surface area contributed by atoms with Crippen LogP contribution in [0.25, 0.3) is 0 Å². The zero-order chi connectivity index (χ0) is 15.6. The van der Waals surface area contributed by atoms with Crippen LogP contribution in [0.3, 0.4) is 0 Å². The minimum absolute atomic E-state index is 0.0503. The number of anilines is 1. The van der Waals surface area contributed by atoms with E-state index in [0.717, 1.165) is 10.4 Å². The smallest absolute Gasteiger partial charge is 0.264 e. The first-order valence-corrected chi connectivity index (χ1v) is 8.30. The standard InChI is InChI=1S/C14H12Cl2FNO2S/c1-18(12-4-2-3-11(17)8-12)21(19,20)13-5-6-14(16)10(7-13)9-15/h2-8H,9H2,1H3. The maximum Gasteiger partial charge on any atom is 0.264 e. The Morgan fingerprint density at radius 2 is 1.90 bits per heavy atom. The molecule has 0 aliphatic carbocycles. The van der Waals surface area contributed by atoms with Crippen LogP contribution in [0.15, 0.2) is 47.4 Å². The SMILES string of the molecule is CN(c1cccc(F)c1)S(=O)(=O)c1ccc(Cl)c(CCl)c1. The van der Waals surface area contributed by atoms with Gasteiger partial charge in [-0.2, -0.15) is 0 Å². The number of nitrogens with zero attached hydrogens (tertiary/aromatic N) is 1. The minimum Gasteiger partial charge on any atom is -0.269 e. The van der Waals surface area contributed by atoms with Gasteiger partial charge in [0.1, 0.15) is 5.82 Å². The number of rotatable bonds is 4. The average molecular weight is 348 g/mol. The van der Waals surface area contributed by atoms with E-state index in [4.69, 9.17) is 23.2 Å². The fraction of sp³-hybridized carbons (Fsp3) is 0.143. The largest absolute Gasteiger partial charge is 0.269 e. The highest BCUT2D eigenvalue weighted by Crippen LogP contribution is 2.26. The second kappa shape index (κ2) is 6.22. The van der Waals surface area contributed by atoms with E-state index in [-0.39, 0.29) is 16.5 Å². The quantitative estimate of drug-likeness (QED) is 0.782. The van der Waals surface area contributed by atoms with Crippen molar-refractivity contribution in [3.8, 4) is 0 Å². The van der Waals surface area contributed by atoms with Crippen LogP contribution in [0.1, 0.15) is 5.56 Å². The Labute approximate surface area is 133 Å². The molecule has 0 fully saturated rings. The predicted molar refractivity (Wildman–Crippen MR) is 83.0 cm³/mol. The summed E-state index contributed by atoms with van der Waals surface area (Å²) in [4.78, 5) is 0.0503. The van der Waals surface area contributed by atoms with E-state index in [1.807, 2.05) is 0 Å². The molecule has 0 saturated carbocycles. The first-order chi connectivity index (χ1) is 9.86. The molecule has 2 rings (SSSR count). The summed E-state index contributed by atoms with van der Waals surface area (Å²) in [6.45, 7) is 0. The van der Waals surface area contributed by atoms with Crippen LogP contribution in [0.5, 0.6) is 0 Å². The van der Waals surface area contributed by atoms with Crippen molar-refractivity contribution in [2.75, 3.05) is 11.4 Å². The Kier molecular flexibility index (Phi) is 4.76. The first-order valence-electron chi connectivity index (χ1n) is 5.95. The maximum atomic E-state index is 13.2. The summed E-state index contributed by atoms with van der Waals surface area (Å²) in [7, 11) is -2.45. The molecule has 0 aliphatic heterocycles. The Bertz CT molecular complexity index is 765. The van der Waals surface area contributed by atoms with E-state index in [1.165, 1.54) is 43.4 Å². The van der Waals surface area contributed by atoms with Crippen LogP contribution in [0.4, 0.5) is 10.1 Å². The third-order valence-electron chi connectivity index (χ3n) is 2.99. The van der Waals surface area contributed by atoms with Crippen molar-refractivity contribution in [2.45, 2.75) is 10.8 Å². The van der Waals surface area contributed by atoms with Crippen LogP contribution < -0.4 is 4.31 Å². The van der Waals surface area contributed by atoms with Crippen molar-refractivity contribution in [2.24, 2.45) is 0 Å². The van der Waals surface area contributed by atoms with Crippen molar-refractivity contribution >= 4 is 38.9 Å². The third kappa shape index (κ3) is 3.31. The summed E-state index contributed by atoms with van der Waals surface area (Å²) in [6, 6.07) is 9.64. The molecule has 7 heteroatoms. The lowest BCUT2D eigenvalue weighted by molar-refractivity contribution is 0.594. The van der Waals surface area contributed by atoms with Crippen molar-refractivity contribution < 1.29 is 12.8 Å². The molecule has 0 spiro atoms. The molecule has 0 aromatic heterocycles. The van der Waals surface area contributed by atoms with E-state index in [9.17, 15) is 12.8 Å². The minimum atomic E-state index is -3.81. The van der Waals surface area contributed by atoms with Crippen LogP contribution in [0, 0.1) is 5.82 Å². The highest BCUT2D eigenvalue weighted by atomic mass is 35.5. The summed E-state index contributed by atoms with van der Waals surface area (Å²) < 4.78 is 39.3. The van der Waals surface area contributed by atoms with E-state index in [2.05, 4.69) is 0 Å². The lowest BCUT2D eigenvalue weighted by Gasteiger charge is -2.20. The van der Waals surface area contributed by atoms with Gasteiger partial charge >= 0.3 is 0 Å². The average Bonchev–Trinajstić information content (AvgIpc) is 2.46. The molecule has 2 aromatic carbocycles. The maximum absolute atomic E-state index is 13.2. The fourth-order valence-electron chi connectivity index (χ4n) is 1.78. The van der Waals surface area contributed by atoms with Gasteiger partial charge < -0.3 is 0 Å². The zero-order valence-corrected chi connectivity index (χ0v) is 13.4. The summed E-state index contributed by atoms with van der Waals surface area (Å²) >= 11 is 11.7. The van der Waals surface area contributed by atoms with E-state index < -0.39 is 15.8 Å². The summed E-state index contributed by atoms with van der Waals surface area (Å²) in [5.41, 5.74) is 0.754. The molecule has 21 heavy (non-hydrogen) atoms. The van der Waals surface area contributed by atoms with Crippen molar-refractivity contribution in [3.63, 3.8) is 0 Å². The van der Waals surface area contributed by atoms with Crippen LogP contribution >= 0.6 is 23.2 Å². The normalized spacial score (nSPS) is 11.4. The molecule has 0 bridgehead atoms. The zero-order valence-electron chi connectivity index (χ0n) is 11.1. The highest BCUT2D eigenvalue weighted by Gasteiger charge is 2.22. The van der Waals surface area contributed by atoms with Crippen molar-refractivity contribution in [1.82, 2.24) is 0 Å². The molecule has 0 heterocycles. The van der Waals surface area contributed by atoms with Gasteiger partial charge in [0, 0.05) is 18.0 Å². The number of hydrogen-bond donors (Lipinski definition) is 0. The van der Waals surface area contributed by atoms with Gasteiger partial charge in [0.2, 0.25) is 0 Å². The molecule has 0 unspecified atom stereocenters. The molecule has 112 valence electrons. The van der Waals surface area contributed by atoms with Gasteiger partial charge in [-0.15, -0.1) is 11.6 Å². The lowest BCUT2D eigenvalue weighted by Crippen LogP contribution is -2.26. The summed E-state index contributed by atoms with van der Waals surface area (Å²) in [5, 5.41) is 0.400. The van der Waals surface area contributed by atoms with Crippen LogP contribution in [-0.2, 0) is 15.9 Å². The number of benzene rings is 2. The molecule has 0 aliphatic rings. The van der Waals surface area contributed by atoms with Gasteiger partial charge in [-0.25, -0.2) is 12.8 Å². The fourth-order valence-corrected chi connectivity index (χ4v) is 3.50. The highest BCUT2D eigenvalue weighted by molar-refractivity contribution is 7.92. The van der Waals surface area contributed by atoms with E-state index in [1.54, 1.807) is 0 Å². The monoisotopic (exact) mass is 347 g/mol. The third-order valence-corrected chi connectivity index (χ3v) is 5.43. The Morgan fingerprint density at radius 1 is 1.19 bits per heavy atom. The Hall–Kier alpha value is -1.30.